The standard InChI is InChI=1S/C20H28/c1-3-5-7-8-10-16-15(9-6-4-2)17-11-12-18(16)20-14-13-19(17)20/h11-12,17-20H,3-7,9,13-14H2,1-2H3/t17-,18+,19-,20+/m1/s1. The molecule has 0 aromatic heterocycles. The third-order valence-corrected chi connectivity index (χ3v) is 5.59. The zero-order valence-electron chi connectivity index (χ0n) is 13.1. The van der Waals surface area contributed by atoms with E-state index in [-0.39, 0.29) is 0 Å². The van der Waals surface area contributed by atoms with Crippen LogP contribution >= 0.6 is 0 Å². The van der Waals surface area contributed by atoms with E-state index in [1.807, 2.05) is 0 Å². The second-order valence-corrected chi connectivity index (χ2v) is 6.79. The van der Waals surface area contributed by atoms with Gasteiger partial charge in [0.2, 0.25) is 0 Å². The molecular formula is C20H28. The average Bonchev–Trinajstić information content (AvgIpc) is 2.42. The van der Waals surface area contributed by atoms with Crippen LogP contribution in [0.25, 0.3) is 0 Å². The van der Waals surface area contributed by atoms with Gasteiger partial charge in [0.25, 0.3) is 0 Å². The van der Waals surface area contributed by atoms with Gasteiger partial charge in [-0.15, -0.1) is 0 Å². The van der Waals surface area contributed by atoms with E-state index in [9.17, 15) is 0 Å². The van der Waals surface area contributed by atoms with Crippen molar-refractivity contribution in [3.05, 3.63) is 23.3 Å². The number of allylic oxidation sites excluding steroid dienone is 4. The van der Waals surface area contributed by atoms with Gasteiger partial charge in [-0.1, -0.05) is 56.3 Å². The number of unbranched alkanes of at least 4 members (excludes halogenated alkanes) is 3. The lowest BCUT2D eigenvalue weighted by Gasteiger charge is -2.53. The summed E-state index contributed by atoms with van der Waals surface area (Å²) in [6, 6.07) is 0. The van der Waals surface area contributed by atoms with Gasteiger partial charge in [0.05, 0.1) is 0 Å². The molecule has 0 radical (unpaired) electrons. The highest BCUT2D eigenvalue weighted by Crippen LogP contribution is 2.57. The summed E-state index contributed by atoms with van der Waals surface area (Å²) < 4.78 is 0. The molecule has 1 saturated carbocycles. The van der Waals surface area contributed by atoms with Crippen molar-refractivity contribution in [2.75, 3.05) is 0 Å². The molecule has 0 aliphatic heterocycles. The molecule has 0 aromatic rings. The Morgan fingerprint density at radius 3 is 2.40 bits per heavy atom. The predicted molar refractivity (Wildman–Crippen MR) is 86.2 cm³/mol. The number of hydrogen-bond acceptors (Lipinski definition) is 0. The molecule has 0 aromatic carbocycles. The summed E-state index contributed by atoms with van der Waals surface area (Å²) in [6.45, 7) is 4.55. The van der Waals surface area contributed by atoms with E-state index in [1.54, 1.807) is 11.1 Å². The largest absolute Gasteiger partial charge is 0.0982 e. The summed E-state index contributed by atoms with van der Waals surface area (Å²) in [6.07, 6.45) is 15.4. The summed E-state index contributed by atoms with van der Waals surface area (Å²) in [4.78, 5) is 0. The van der Waals surface area contributed by atoms with Gasteiger partial charge in [0, 0.05) is 23.8 Å². The molecule has 0 heteroatoms. The number of hydrogen-bond donors (Lipinski definition) is 0. The molecule has 0 amide bonds. The van der Waals surface area contributed by atoms with Gasteiger partial charge in [-0.05, 0) is 43.9 Å². The van der Waals surface area contributed by atoms with Crippen molar-refractivity contribution >= 4 is 0 Å². The summed E-state index contributed by atoms with van der Waals surface area (Å²) in [5.41, 5.74) is 3.27. The molecule has 0 heterocycles. The lowest BCUT2D eigenvalue weighted by atomic mass is 9.51. The maximum absolute atomic E-state index is 3.61. The fourth-order valence-corrected chi connectivity index (χ4v) is 4.30. The van der Waals surface area contributed by atoms with Crippen LogP contribution in [0.4, 0.5) is 0 Å². The highest BCUT2D eigenvalue weighted by atomic mass is 14.5. The first kappa shape index (κ1) is 14.0. The molecule has 0 nitrogen and oxygen atoms in total. The average molecular weight is 268 g/mol. The smallest absolute Gasteiger partial charge is 0.0129 e. The lowest BCUT2D eigenvalue weighted by molar-refractivity contribution is 0.0851. The molecule has 1 fully saturated rings. The van der Waals surface area contributed by atoms with E-state index in [2.05, 4.69) is 37.8 Å². The Hall–Kier alpha value is -0.960. The van der Waals surface area contributed by atoms with Crippen LogP contribution < -0.4 is 0 Å². The molecule has 2 bridgehead atoms. The van der Waals surface area contributed by atoms with Crippen LogP contribution in [0.1, 0.15) is 65.2 Å². The Bertz CT molecular complexity index is 468. The highest BCUT2D eigenvalue weighted by molar-refractivity contribution is 5.47. The van der Waals surface area contributed by atoms with E-state index in [0.29, 0.717) is 5.92 Å². The lowest BCUT2D eigenvalue weighted by Crippen LogP contribution is -2.44. The van der Waals surface area contributed by atoms with Gasteiger partial charge in [0.1, 0.15) is 0 Å². The van der Waals surface area contributed by atoms with E-state index in [4.69, 9.17) is 0 Å². The van der Waals surface area contributed by atoms with Gasteiger partial charge in [-0.2, -0.15) is 0 Å². The molecule has 4 atom stereocenters. The van der Waals surface area contributed by atoms with Gasteiger partial charge in [-0.3, -0.25) is 0 Å². The fraction of sp³-hybridized carbons (Fsp3) is 0.700. The van der Waals surface area contributed by atoms with Crippen molar-refractivity contribution in [2.24, 2.45) is 23.7 Å². The number of rotatable bonds is 5. The molecule has 0 spiro atoms. The molecule has 4 rings (SSSR count). The first-order valence-electron chi connectivity index (χ1n) is 8.77. The first-order chi connectivity index (χ1) is 9.86. The van der Waals surface area contributed by atoms with Crippen LogP contribution in [-0.2, 0) is 0 Å². The van der Waals surface area contributed by atoms with E-state index >= 15 is 0 Å². The Morgan fingerprint density at radius 1 is 1.00 bits per heavy atom. The van der Waals surface area contributed by atoms with E-state index in [0.717, 1.165) is 24.2 Å². The Morgan fingerprint density at radius 2 is 1.70 bits per heavy atom. The second-order valence-electron chi connectivity index (χ2n) is 6.79. The predicted octanol–water partition coefficient (Wildman–Crippen LogP) is 5.51. The monoisotopic (exact) mass is 268 g/mol. The van der Waals surface area contributed by atoms with Crippen LogP contribution in [0.15, 0.2) is 23.3 Å². The molecule has 4 aliphatic rings. The van der Waals surface area contributed by atoms with Gasteiger partial charge in [0.15, 0.2) is 0 Å². The van der Waals surface area contributed by atoms with Crippen molar-refractivity contribution in [2.45, 2.75) is 65.2 Å². The van der Waals surface area contributed by atoms with Gasteiger partial charge >= 0.3 is 0 Å². The Labute approximate surface area is 124 Å². The van der Waals surface area contributed by atoms with Crippen molar-refractivity contribution in [1.82, 2.24) is 0 Å². The van der Waals surface area contributed by atoms with Crippen molar-refractivity contribution in [3.63, 3.8) is 0 Å². The maximum atomic E-state index is 3.61. The first-order valence-corrected chi connectivity index (χ1v) is 8.77. The normalized spacial score (nSPS) is 33.5. The van der Waals surface area contributed by atoms with Gasteiger partial charge < -0.3 is 0 Å². The second kappa shape index (κ2) is 6.21. The van der Waals surface area contributed by atoms with Gasteiger partial charge in [-0.25, -0.2) is 0 Å². The summed E-state index contributed by atoms with van der Waals surface area (Å²) in [5, 5.41) is 0. The summed E-state index contributed by atoms with van der Waals surface area (Å²) in [5.74, 6) is 10.4. The van der Waals surface area contributed by atoms with E-state index in [1.165, 1.54) is 44.9 Å². The highest BCUT2D eigenvalue weighted by Gasteiger charge is 2.48. The van der Waals surface area contributed by atoms with E-state index < -0.39 is 0 Å². The van der Waals surface area contributed by atoms with Crippen LogP contribution in [0, 0.1) is 35.5 Å². The zero-order chi connectivity index (χ0) is 13.9. The van der Waals surface area contributed by atoms with Crippen LogP contribution in [0.5, 0.6) is 0 Å². The fourth-order valence-electron chi connectivity index (χ4n) is 4.30. The molecular weight excluding hydrogens is 240 g/mol. The Kier molecular flexibility index (Phi) is 4.35. The molecule has 0 N–H and O–H groups in total. The zero-order valence-corrected chi connectivity index (χ0v) is 13.1. The molecule has 0 saturated heterocycles. The summed E-state index contributed by atoms with van der Waals surface area (Å²) in [7, 11) is 0. The van der Waals surface area contributed by atoms with Crippen LogP contribution in [0.3, 0.4) is 0 Å². The quantitative estimate of drug-likeness (QED) is 0.350. The minimum atomic E-state index is 0.680. The maximum Gasteiger partial charge on any atom is 0.0129 e. The van der Waals surface area contributed by atoms with Crippen LogP contribution in [0.2, 0.25) is 0 Å². The topological polar surface area (TPSA) is 0 Å². The van der Waals surface area contributed by atoms with Crippen molar-refractivity contribution < 1.29 is 0 Å². The molecule has 20 heavy (non-hydrogen) atoms. The summed E-state index contributed by atoms with van der Waals surface area (Å²) >= 11 is 0. The minimum Gasteiger partial charge on any atom is -0.0982 e. The molecule has 108 valence electrons. The SMILES string of the molecule is CCCCC#CC1=C(CCCC)[C@H]2C=C[C@@H]1[C@@H]1CC[C@@H]12. The Balaban J connectivity index is 1.83. The van der Waals surface area contributed by atoms with Crippen LogP contribution in [-0.4, -0.2) is 0 Å². The molecule has 0 unspecified atom stereocenters. The third-order valence-electron chi connectivity index (χ3n) is 5.59. The third kappa shape index (κ3) is 2.37. The van der Waals surface area contributed by atoms with Crippen molar-refractivity contribution in [3.8, 4) is 11.8 Å². The molecule has 4 aliphatic carbocycles. The van der Waals surface area contributed by atoms with Crippen molar-refractivity contribution in [1.29, 1.82) is 0 Å². The minimum absolute atomic E-state index is 0.680.